The van der Waals surface area contributed by atoms with Crippen molar-refractivity contribution in [3.8, 4) is 0 Å². The zero-order chi connectivity index (χ0) is 14.8. The number of aromatic nitrogens is 3. The lowest BCUT2D eigenvalue weighted by Gasteiger charge is -2.19. The summed E-state index contributed by atoms with van der Waals surface area (Å²) in [7, 11) is 0. The van der Waals surface area contributed by atoms with Gasteiger partial charge in [-0.1, -0.05) is 24.3 Å². The van der Waals surface area contributed by atoms with Crippen LogP contribution in [0.4, 0.5) is 0 Å². The third kappa shape index (κ3) is 2.54. The molecule has 2 aromatic heterocycles. The van der Waals surface area contributed by atoms with Crippen LogP contribution >= 0.6 is 11.6 Å². The summed E-state index contributed by atoms with van der Waals surface area (Å²) in [4.78, 5) is 9.21. The molecule has 4 heteroatoms. The molecule has 21 heavy (non-hydrogen) atoms. The Labute approximate surface area is 129 Å². The van der Waals surface area contributed by atoms with Crippen molar-refractivity contribution < 1.29 is 0 Å². The highest BCUT2D eigenvalue weighted by Gasteiger charge is 2.18. The van der Waals surface area contributed by atoms with Crippen molar-refractivity contribution in [2.75, 3.05) is 5.88 Å². The number of imidazole rings is 1. The molecule has 3 rings (SSSR count). The van der Waals surface area contributed by atoms with Crippen molar-refractivity contribution in [1.82, 2.24) is 14.5 Å². The second kappa shape index (κ2) is 5.86. The Balaban J connectivity index is 2.18. The molecule has 0 bridgehead atoms. The average molecular weight is 300 g/mol. The number of nitrogens with zero attached hydrogens (tertiary/aromatic N) is 3. The molecule has 0 aliphatic carbocycles. The first kappa shape index (κ1) is 14.1. The van der Waals surface area contributed by atoms with Crippen LogP contribution in [-0.4, -0.2) is 20.4 Å². The minimum Gasteiger partial charge on any atom is -0.305 e. The summed E-state index contributed by atoms with van der Waals surface area (Å²) >= 11 is 5.94. The number of alkyl halides is 1. The lowest BCUT2D eigenvalue weighted by molar-refractivity contribution is 0.616. The monoisotopic (exact) mass is 299 g/mol. The molecule has 0 amide bonds. The van der Waals surface area contributed by atoms with E-state index in [0.717, 1.165) is 23.4 Å². The van der Waals surface area contributed by atoms with Crippen LogP contribution < -0.4 is 0 Å². The molecular weight excluding hydrogens is 282 g/mol. The predicted molar refractivity (Wildman–Crippen MR) is 86.9 cm³/mol. The van der Waals surface area contributed by atoms with Gasteiger partial charge in [0.2, 0.25) is 0 Å². The van der Waals surface area contributed by atoms with Crippen molar-refractivity contribution in [3.63, 3.8) is 0 Å². The van der Waals surface area contributed by atoms with Crippen molar-refractivity contribution >= 4 is 22.8 Å². The van der Waals surface area contributed by atoms with E-state index in [0.29, 0.717) is 5.88 Å². The number of rotatable bonds is 4. The smallest absolute Gasteiger partial charge is 0.160 e. The van der Waals surface area contributed by atoms with Crippen LogP contribution in [-0.2, 0) is 6.42 Å². The molecule has 0 saturated carbocycles. The number of halogens is 1. The van der Waals surface area contributed by atoms with Gasteiger partial charge in [-0.05, 0) is 37.1 Å². The van der Waals surface area contributed by atoms with Crippen molar-refractivity contribution in [2.24, 2.45) is 0 Å². The molecule has 108 valence electrons. The van der Waals surface area contributed by atoms with Gasteiger partial charge in [-0.3, -0.25) is 0 Å². The van der Waals surface area contributed by atoms with Crippen molar-refractivity contribution in [1.29, 1.82) is 0 Å². The molecular formula is C17H18ClN3. The van der Waals surface area contributed by atoms with Gasteiger partial charge in [0.15, 0.2) is 5.65 Å². The fourth-order valence-corrected chi connectivity index (χ4v) is 3.01. The van der Waals surface area contributed by atoms with Crippen molar-refractivity contribution in [3.05, 3.63) is 59.5 Å². The number of benzene rings is 1. The van der Waals surface area contributed by atoms with E-state index in [2.05, 4.69) is 47.7 Å². The van der Waals surface area contributed by atoms with E-state index >= 15 is 0 Å². The van der Waals surface area contributed by atoms with E-state index in [1.807, 2.05) is 18.3 Å². The normalized spacial score (nSPS) is 12.7. The van der Waals surface area contributed by atoms with Gasteiger partial charge in [0.25, 0.3) is 0 Å². The van der Waals surface area contributed by atoms with Gasteiger partial charge in [0, 0.05) is 18.5 Å². The fourth-order valence-electron chi connectivity index (χ4n) is 2.84. The molecule has 0 saturated heterocycles. The Bertz CT molecular complexity index is 764. The van der Waals surface area contributed by atoms with E-state index in [-0.39, 0.29) is 6.04 Å². The highest BCUT2D eigenvalue weighted by atomic mass is 35.5. The van der Waals surface area contributed by atoms with Gasteiger partial charge in [0.05, 0.1) is 6.04 Å². The highest BCUT2D eigenvalue weighted by Crippen LogP contribution is 2.27. The highest BCUT2D eigenvalue weighted by molar-refractivity contribution is 6.17. The van der Waals surface area contributed by atoms with Gasteiger partial charge in [-0.2, -0.15) is 0 Å². The Kier molecular flexibility index (Phi) is 3.93. The summed E-state index contributed by atoms with van der Waals surface area (Å²) < 4.78 is 2.21. The molecule has 1 aromatic carbocycles. The van der Waals surface area contributed by atoms with Crippen LogP contribution in [0.1, 0.15) is 29.9 Å². The SMILES string of the molecule is Cc1ccccc1C(C)n1c(CCCl)nc2cccnc21. The standard InChI is InChI=1S/C17H18ClN3/c1-12-6-3-4-7-14(12)13(2)21-16(9-10-18)20-15-8-5-11-19-17(15)21/h3-8,11,13H,9-10H2,1-2H3. The molecule has 0 aliphatic rings. The van der Waals surface area contributed by atoms with E-state index in [1.54, 1.807) is 0 Å². The predicted octanol–water partition coefficient (Wildman–Crippen LogP) is 4.13. The number of hydrogen-bond acceptors (Lipinski definition) is 2. The zero-order valence-electron chi connectivity index (χ0n) is 12.3. The number of hydrogen-bond donors (Lipinski definition) is 0. The first-order valence-corrected chi connectivity index (χ1v) is 7.69. The Morgan fingerprint density at radius 2 is 2.00 bits per heavy atom. The minimum absolute atomic E-state index is 0.185. The maximum absolute atomic E-state index is 5.94. The molecule has 1 unspecified atom stereocenters. The quantitative estimate of drug-likeness (QED) is 0.678. The maximum Gasteiger partial charge on any atom is 0.160 e. The second-order valence-electron chi connectivity index (χ2n) is 5.22. The summed E-state index contributed by atoms with van der Waals surface area (Å²) in [5, 5.41) is 0. The molecule has 0 radical (unpaired) electrons. The first-order chi connectivity index (χ1) is 10.2. The van der Waals surface area contributed by atoms with Gasteiger partial charge in [-0.15, -0.1) is 11.6 Å². The zero-order valence-corrected chi connectivity index (χ0v) is 13.0. The molecule has 1 atom stereocenters. The summed E-state index contributed by atoms with van der Waals surface area (Å²) in [6, 6.07) is 12.6. The number of aryl methyl sites for hydroxylation is 2. The molecule has 0 N–H and O–H groups in total. The fraction of sp³-hybridized carbons (Fsp3) is 0.294. The Hall–Kier alpha value is -1.87. The number of pyridine rings is 1. The van der Waals surface area contributed by atoms with Crippen LogP contribution in [0.5, 0.6) is 0 Å². The van der Waals surface area contributed by atoms with Crippen LogP contribution in [0.3, 0.4) is 0 Å². The van der Waals surface area contributed by atoms with Crippen LogP contribution in [0.2, 0.25) is 0 Å². The minimum atomic E-state index is 0.185. The molecule has 2 heterocycles. The Morgan fingerprint density at radius 1 is 1.19 bits per heavy atom. The topological polar surface area (TPSA) is 30.7 Å². The third-order valence-electron chi connectivity index (χ3n) is 3.87. The Morgan fingerprint density at radius 3 is 2.76 bits per heavy atom. The van der Waals surface area contributed by atoms with Crippen LogP contribution in [0.15, 0.2) is 42.6 Å². The second-order valence-corrected chi connectivity index (χ2v) is 5.59. The van der Waals surface area contributed by atoms with Gasteiger partial charge in [-0.25, -0.2) is 9.97 Å². The van der Waals surface area contributed by atoms with Crippen molar-refractivity contribution in [2.45, 2.75) is 26.3 Å². The summed E-state index contributed by atoms with van der Waals surface area (Å²) in [5.74, 6) is 1.55. The van der Waals surface area contributed by atoms with E-state index in [9.17, 15) is 0 Å². The van der Waals surface area contributed by atoms with E-state index < -0.39 is 0 Å². The first-order valence-electron chi connectivity index (χ1n) is 7.15. The summed E-state index contributed by atoms with van der Waals surface area (Å²) in [5.41, 5.74) is 4.42. The molecule has 0 fully saturated rings. The van der Waals surface area contributed by atoms with Gasteiger partial charge >= 0.3 is 0 Å². The summed E-state index contributed by atoms with van der Waals surface area (Å²) in [6.07, 6.45) is 2.56. The maximum atomic E-state index is 5.94. The van der Waals surface area contributed by atoms with E-state index in [1.165, 1.54) is 11.1 Å². The number of fused-ring (bicyclic) bond motifs is 1. The summed E-state index contributed by atoms with van der Waals surface area (Å²) in [6.45, 7) is 4.33. The molecule has 3 nitrogen and oxygen atoms in total. The molecule has 3 aromatic rings. The average Bonchev–Trinajstić information content (AvgIpc) is 2.85. The molecule has 0 aliphatic heterocycles. The van der Waals surface area contributed by atoms with E-state index in [4.69, 9.17) is 16.6 Å². The van der Waals surface area contributed by atoms with Gasteiger partial charge in [0.1, 0.15) is 11.3 Å². The van der Waals surface area contributed by atoms with Crippen LogP contribution in [0, 0.1) is 6.92 Å². The lowest BCUT2D eigenvalue weighted by atomic mass is 10.0. The third-order valence-corrected chi connectivity index (χ3v) is 4.05. The lowest BCUT2D eigenvalue weighted by Crippen LogP contribution is -2.13. The van der Waals surface area contributed by atoms with Crippen LogP contribution in [0.25, 0.3) is 11.2 Å². The molecule has 0 spiro atoms. The largest absolute Gasteiger partial charge is 0.305 e. The van der Waals surface area contributed by atoms with Gasteiger partial charge < -0.3 is 4.57 Å².